The SMILES string of the molecule is CCCCCCCCCCCCCCC(=O)OC(CCCCCCC)CCCCCCCCCC(=O)[O-].CCCCCCCCCCCCCCC(=O)OC(CCCCCCC)CCCCCCCCCC(=O)[O-].[Zn+2]. The molecule has 0 spiro atoms. The molecule has 0 aliphatic carbocycles. The molecule has 8 nitrogen and oxygen atoms in total. The Kier molecular flexibility index (Phi) is 69.2. The maximum Gasteiger partial charge on any atom is 2.00 e. The van der Waals surface area contributed by atoms with Crippen LogP contribution in [0.25, 0.3) is 0 Å². The molecule has 0 amide bonds. The summed E-state index contributed by atoms with van der Waals surface area (Å²) in [4.78, 5) is 45.9. The molecule has 0 aromatic rings. The van der Waals surface area contributed by atoms with E-state index in [1.807, 2.05) is 0 Å². The Bertz CT molecular complexity index is 1080. The van der Waals surface area contributed by atoms with Crippen LogP contribution in [0.5, 0.6) is 0 Å². The number of carboxylic acids is 2. The Morgan fingerprint density at radius 1 is 0.253 bits per heavy atom. The summed E-state index contributed by atoms with van der Waals surface area (Å²) in [6, 6.07) is 0. The standard InChI is InChI=1S/2C33H64O4.Zn/c2*1-3-5-7-9-10-11-12-13-14-18-22-26-30-33(36)37-31(27-23-19-8-6-4-2)28-24-20-16-15-17-21-25-29-32(34)35;/h2*31H,3-30H2,1-2H3,(H,34,35);/q;;+2/p-2. The Labute approximate surface area is 479 Å². The van der Waals surface area contributed by atoms with Crippen molar-refractivity contribution in [2.75, 3.05) is 0 Å². The summed E-state index contributed by atoms with van der Waals surface area (Å²) >= 11 is 0. The van der Waals surface area contributed by atoms with E-state index in [4.69, 9.17) is 9.47 Å². The molecule has 0 fully saturated rings. The summed E-state index contributed by atoms with van der Waals surface area (Å²) in [6.07, 6.45) is 64.5. The molecule has 0 aromatic heterocycles. The fraction of sp³-hybridized carbons (Fsp3) is 0.939. The topological polar surface area (TPSA) is 133 Å². The number of carbonyl (C=O) groups is 4. The number of rotatable bonds is 60. The first kappa shape index (κ1) is 77.7. The van der Waals surface area contributed by atoms with Crippen molar-refractivity contribution in [1.29, 1.82) is 0 Å². The van der Waals surface area contributed by atoms with Gasteiger partial charge in [-0.25, -0.2) is 0 Å². The minimum absolute atomic E-state index is 0. The number of hydrogen-bond donors (Lipinski definition) is 0. The van der Waals surface area contributed by atoms with Gasteiger partial charge in [-0.2, -0.15) is 0 Å². The van der Waals surface area contributed by atoms with Crippen molar-refractivity contribution in [2.45, 2.75) is 399 Å². The van der Waals surface area contributed by atoms with Crippen LogP contribution in [0.4, 0.5) is 0 Å². The molecule has 0 rings (SSSR count). The molecular weight excluding hydrogens is 986 g/mol. The van der Waals surface area contributed by atoms with Gasteiger partial charge in [-0.15, -0.1) is 0 Å². The van der Waals surface area contributed by atoms with Crippen LogP contribution in [0, 0.1) is 0 Å². The van der Waals surface area contributed by atoms with E-state index >= 15 is 0 Å². The van der Waals surface area contributed by atoms with Gasteiger partial charge in [0.1, 0.15) is 12.2 Å². The maximum atomic E-state index is 12.5. The summed E-state index contributed by atoms with van der Waals surface area (Å²) in [7, 11) is 0. The van der Waals surface area contributed by atoms with Crippen molar-refractivity contribution in [3.8, 4) is 0 Å². The molecule has 0 heterocycles. The van der Waals surface area contributed by atoms with Gasteiger partial charge in [-0.05, 0) is 89.9 Å². The van der Waals surface area contributed by atoms with Crippen LogP contribution in [-0.2, 0) is 48.1 Å². The van der Waals surface area contributed by atoms with E-state index in [1.165, 1.54) is 205 Å². The van der Waals surface area contributed by atoms with E-state index < -0.39 is 11.9 Å². The number of unbranched alkanes of at least 4 members (excludes halogenated alkanes) is 42. The predicted octanol–water partition coefficient (Wildman–Crippen LogP) is 19.2. The second-order valence-electron chi connectivity index (χ2n) is 22.7. The molecule has 2 atom stereocenters. The van der Waals surface area contributed by atoms with E-state index in [9.17, 15) is 29.4 Å². The molecule has 0 saturated carbocycles. The maximum absolute atomic E-state index is 12.5. The molecule has 0 bridgehead atoms. The van der Waals surface area contributed by atoms with Gasteiger partial charge in [0, 0.05) is 24.8 Å². The third kappa shape index (κ3) is 68.6. The van der Waals surface area contributed by atoms with E-state index in [0.29, 0.717) is 12.8 Å². The first-order valence-corrected chi connectivity index (χ1v) is 33.0. The number of esters is 2. The average molecular weight is 1110 g/mol. The quantitative estimate of drug-likeness (QED) is 0.0334. The minimum atomic E-state index is -0.936. The Morgan fingerprint density at radius 3 is 0.600 bits per heavy atom. The van der Waals surface area contributed by atoms with Crippen LogP contribution in [0.2, 0.25) is 0 Å². The minimum Gasteiger partial charge on any atom is -0.550 e. The van der Waals surface area contributed by atoms with Crippen LogP contribution in [0.15, 0.2) is 0 Å². The van der Waals surface area contributed by atoms with Gasteiger partial charge >= 0.3 is 31.4 Å². The van der Waals surface area contributed by atoms with E-state index in [2.05, 4.69) is 27.7 Å². The zero-order valence-corrected chi connectivity index (χ0v) is 53.7. The largest absolute Gasteiger partial charge is 2.00 e. The number of hydrogen-bond acceptors (Lipinski definition) is 8. The van der Waals surface area contributed by atoms with Gasteiger partial charge in [0.25, 0.3) is 0 Å². The Hall–Kier alpha value is -1.50. The Balaban J connectivity index is -0.00000136. The molecule has 0 saturated heterocycles. The third-order valence-electron chi connectivity index (χ3n) is 15.1. The van der Waals surface area contributed by atoms with Crippen molar-refractivity contribution in [1.82, 2.24) is 0 Å². The molecule has 2 unspecified atom stereocenters. The van der Waals surface area contributed by atoms with Crippen LogP contribution in [-0.4, -0.2) is 36.1 Å². The molecule has 75 heavy (non-hydrogen) atoms. The Morgan fingerprint density at radius 2 is 0.413 bits per heavy atom. The van der Waals surface area contributed by atoms with Crippen LogP contribution < -0.4 is 10.2 Å². The molecule has 0 N–H and O–H groups in total. The summed E-state index contributed by atoms with van der Waals surface area (Å²) in [5, 5.41) is 20.9. The number of aliphatic carboxylic acids is 2. The third-order valence-corrected chi connectivity index (χ3v) is 15.1. The average Bonchev–Trinajstić information content (AvgIpc) is 3.37. The van der Waals surface area contributed by atoms with E-state index in [0.717, 1.165) is 128 Å². The van der Waals surface area contributed by atoms with Crippen molar-refractivity contribution in [3.05, 3.63) is 0 Å². The summed E-state index contributed by atoms with van der Waals surface area (Å²) < 4.78 is 11.9. The number of ether oxygens (including phenoxy) is 2. The van der Waals surface area contributed by atoms with Gasteiger partial charge in [0.05, 0.1) is 0 Å². The molecule has 440 valence electrons. The van der Waals surface area contributed by atoms with Crippen molar-refractivity contribution in [2.24, 2.45) is 0 Å². The summed E-state index contributed by atoms with van der Waals surface area (Å²) in [5.41, 5.74) is 0. The smallest absolute Gasteiger partial charge is 0.550 e. The van der Waals surface area contributed by atoms with Gasteiger partial charge in [0.15, 0.2) is 0 Å². The molecule has 0 aliphatic heterocycles. The summed E-state index contributed by atoms with van der Waals surface area (Å²) in [5.74, 6) is -1.85. The second-order valence-corrected chi connectivity index (χ2v) is 22.7. The number of carbonyl (C=O) groups excluding carboxylic acids is 4. The van der Waals surface area contributed by atoms with Crippen molar-refractivity contribution in [3.63, 3.8) is 0 Å². The van der Waals surface area contributed by atoms with Gasteiger partial charge in [-0.3, -0.25) is 9.59 Å². The summed E-state index contributed by atoms with van der Waals surface area (Å²) in [6.45, 7) is 9.02. The molecule has 0 radical (unpaired) electrons. The van der Waals surface area contributed by atoms with Gasteiger partial charge in [0.2, 0.25) is 0 Å². The van der Waals surface area contributed by atoms with Crippen molar-refractivity contribution >= 4 is 23.9 Å². The molecule has 0 aliphatic rings. The van der Waals surface area contributed by atoms with Crippen molar-refractivity contribution < 1.29 is 58.3 Å². The zero-order chi connectivity index (χ0) is 54.5. The zero-order valence-electron chi connectivity index (χ0n) is 50.7. The first-order chi connectivity index (χ1) is 36.2. The van der Waals surface area contributed by atoms with E-state index in [1.54, 1.807) is 0 Å². The van der Waals surface area contributed by atoms with Crippen LogP contribution in [0.3, 0.4) is 0 Å². The number of carboxylic acid groups (broad SMARTS) is 2. The fourth-order valence-electron chi connectivity index (χ4n) is 10.2. The normalized spacial score (nSPS) is 11.9. The van der Waals surface area contributed by atoms with Crippen LogP contribution >= 0.6 is 0 Å². The van der Waals surface area contributed by atoms with Gasteiger partial charge < -0.3 is 29.3 Å². The van der Waals surface area contributed by atoms with E-state index in [-0.39, 0.29) is 56.5 Å². The van der Waals surface area contributed by atoms with Gasteiger partial charge in [-0.1, -0.05) is 285 Å². The second kappa shape index (κ2) is 66.8. The molecular formula is C66H126O8Zn. The monoisotopic (exact) mass is 1110 g/mol. The molecule has 0 aromatic carbocycles. The molecule has 9 heteroatoms. The first-order valence-electron chi connectivity index (χ1n) is 33.0. The van der Waals surface area contributed by atoms with Crippen LogP contribution in [0.1, 0.15) is 387 Å². The fourth-order valence-corrected chi connectivity index (χ4v) is 10.2. The predicted molar refractivity (Wildman–Crippen MR) is 311 cm³/mol.